The summed E-state index contributed by atoms with van der Waals surface area (Å²) in [6.45, 7) is 1.07. The van der Waals surface area contributed by atoms with Crippen LogP contribution < -0.4 is 15.8 Å². The summed E-state index contributed by atoms with van der Waals surface area (Å²) in [4.78, 5) is 11.7. The Kier molecular flexibility index (Phi) is 5.47. The van der Waals surface area contributed by atoms with Gasteiger partial charge in [0, 0.05) is 6.54 Å². The molecule has 0 aromatic heterocycles. The van der Waals surface area contributed by atoms with Crippen LogP contribution in [0.15, 0.2) is 35.9 Å². The van der Waals surface area contributed by atoms with Crippen molar-refractivity contribution in [1.82, 2.24) is 5.32 Å². The Morgan fingerprint density at radius 2 is 2.20 bits per heavy atom. The van der Waals surface area contributed by atoms with Crippen LogP contribution in [0.3, 0.4) is 0 Å². The van der Waals surface area contributed by atoms with Gasteiger partial charge in [-0.25, -0.2) is 0 Å². The number of hydrogen-bond donors (Lipinski definition) is 2. The SMILES string of the molecule is Nc1ccccc1OCCC(=O)NCCC1=CCCC1. The molecule has 3 N–H and O–H groups in total. The number of anilines is 1. The van der Waals surface area contributed by atoms with Gasteiger partial charge in [0.25, 0.3) is 0 Å². The number of hydrogen-bond acceptors (Lipinski definition) is 3. The first kappa shape index (κ1) is 14.4. The predicted molar refractivity (Wildman–Crippen MR) is 80.5 cm³/mol. The highest BCUT2D eigenvalue weighted by atomic mass is 16.5. The summed E-state index contributed by atoms with van der Waals surface area (Å²) < 4.78 is 5.49. The first-order chi connectivity index (χ1) is 9.75. The van der Waals surface area contributed by atoms with Crippen molar-refractivity contribution in [3.8, 4) is 5.75 Å². The number of amides is 1. The maximum atomic E-state index is 11.7. The lowest BCUT2D eigenvalue weighted by Gasteiger charge is -2.09. The number of nitrogens with two attached hydrogens (primary N) is 1. The largest absolute Gasteiger partial charge is 0.491 e. The highest BCUT2D eigenvalue weighted by molar-refractivity contribution is 5.76. The number of carbonyl (C=O) groups excluding carboxylic acids is 1. The van der Waals surface area contributed by atoms with Crippen LogP contribution in [0.25, 0.3) is 0 Å². The summed E-state index contributed by atoms with van der Waals surface area (Å²) in [7, 11) is 0. The number of para-hydroxylation sites is 2. The first-order valence-corrected chi connectivity index (χ1v) is 7.17. The average Bonchev–Trinajstić information content (AvgIpc) is 2.94. The van der Waals surface area contributed by atoms with E-state index in [2.05, 4.69) is 11.4 Å². The molecule has 0 radical (unpaired) electrons. The van der Waals surface area contributed by atoms with Crippen LogP contribution >= 0.6 is 0 Å². The van der Waals surface area contributed by atoms with Gasteiger partial charge in [0.05, 0.1) is 18.7 Å². The van der Waals surface area contributed by atoms with Crippen molar-refractivity contribution in [2.24, 2.45) is 0 Å². The molecular weight excluding hydrogens is 252 g/mol. The summed E-state index contributed by atoms with van der Waals surface area (Å²) in [5.41, 5.74) is 7.82. The first-order valence-electron chi connectivity index (χ1n) is 7.17. The minimum absolute atomic E-state index is 0.0260. The lowest BCUT2D eigenvalue weighted by molar-refractivity contribution is -0.121. The number of nitrogens with one attached hydrogen (secondary N) is 1. The second-order valence-corrected chi connectivity index (χ2v) is 4.99. The normalized spacial score (nSPS) is 13.9. The molecule has 2 rings (SSSR count). The molecule has 0 saturated heterocycles. The van der Waals surface area contributed by atoms with E-state index in [0.29, 0.717) is 24.5 Å². The van der Waals surface area contributed by atoms with Crippen molar-refractivity contribution in [3.05, 3.63) is 35.9 Å². The van der Waals surface area contributed by atoms with E-state index >= 15 is 0 Å². The molecule has 1 aliphatic rings. The van der Waals surface area contributed by atoms with Gasteiger partial charge in [-0.2, -0.15) is 0 Å². The number of benzene rings is 1. The quantitative estimate of drug-likeness (QED) is 0.593. The Morgan fingerprint density at radius 3 is 2.95 bits per heavy atom. The Bertz CT molecular complexity index is 483. The Labute approximate surface area is 120 Å². The number of allylic oxidation sites excluding steroid dienone is 1. The van der Waals surface area contributed by atoms with Crippen LogP contribution in [0.1, 0.15) is 32.1 Å². The second-order valence-electron chi connectivity index (χ2n) is 4.99. The number of rotatable bonds is 7. The number of ether oxygens (including phenoxy) is 1. The van der Waals surface area contributed by atoms with E-state index in [-0.39, 0.29) is 5.91 Å². The second kappa shape index (κ2) is 7.58. The molecule has 4 nitrogen and oxygen atoms in total. The van der Waals surface area contributed by atoms with Crippen LogP contribution in [-0.2, 0) is 4.79 Å². The smallest absolute Gasteiger partial charge is 0.223 e. The van der Waals surface area contributed by atoms with Crippen LogP contribution in [0, 0.1) is 0 Å². The molecule has 1 aromatic rings. The fourth-order valence-corrected chi connectivity index (χ4v) is 2.28. The van der Waals surface area contributed by atoms with Crippen LogP contribution in [0.4, 0.5) is 5.69 Å². The summed E-state index contributed by atoms with van der Waals surface area (Å²) >= 11 is 0. The van der Waals surface area contributed by atoms with Gasteiger partial charge in [0.2, 0.25) is 5.91 Å². The molecule has 0 bridgehead atoms. The lowest BCUT2D eigenvalue weighted by Crippen LogP contribution is -2.26. The van der Waals surface area contributed by atoms with Gasteiger partial charge >= 0.3 is 0 Å². The minimum Gasteiger partial charge on any atom is -0.491 e. The van der Waals surface area contributed by atoms with Crippen LogP contribution in [0.5, 0.6) is 5.75 Å². The summed E-state index contributed by atoms with van der Waals surface area (Å²) in [6, 6.07) is 7.30. The number of nitrogen functional groups attached to an aromatic ring is 1. The van der Waals surface area contributed by atoms with Crippen molar-refractivity contribution in [1.29, 1.82) is 0 Å². The molecule has 0 heterocycles. The van der Waals surface area contributed by atoms with E-state index in [4.69, 9.17) is 10.5 Å². The molecule has 0 unspecified atom stereocenters. The molecule has 0 atom stereocenters. The van der Waals surface area contributed by atoms with Crippen molar-refractivity contribution in [2.75, 3.05) is 18.9 Å². The third-order valence-corrected chi connectivity index (χ3v) is 3.41. The zero-order valence-electron chi connectivity index (χ0n) is 11.7. The lowest BCUT2D eigenvalue weighted by atomic mass is 10.2. The molecule has 20 heavy (non-hydrogen) atoms. The van der Waals surface area contributed by atoms with E-state index in [1.54, 1.807) is 12.1 Å². The maximum absolute atomic E-state index is 11.7. The highest BCUT2D eigenvalue weighted by Crippen LogP contribution is 2.20. The molecule has 0 spiro atoms. The van der Waals surface area contributed by atoms with Crippen molar-refractivity contribution >= 4 is 11.6 Å². The molecule has 1 aromatic carbocycles. The summed E-state index contributed by atoms with van der Waals surface area (Å²) in [5.74, 6) is 0.662. The van der Waals surface area contributed by atoms with E-state index in [9.17, 15) is 4.79 Å². The highest BCUT2D eigenvalue weighted by Gasteiger charge is 2.06. The predicted octanol–water partition coefficient (Wildman–Crippen LogP) is 2.65. The van der Waals surface area contributed by atoms with Gasteiger partial charge in [0.15, 0.2) is 0 Å². The van der Waals surface area contributed by atoms with Crippen molar-refractivity contribution < 1.29 is 9.53 Å². The fourth-order valence-electron chi connectivity index (χ4n) is 2.28. The van der Waals surface area contributed by atoms with Crippen LogP contribution in [0.2, 0.25) is 0 Å². The molecule has 108 valence electrons. The Hall–Kier alpha value is -1.97. The van der Waals surface area contributed by atoms with Gasteiger partial charge in [-0.1, -0.05) is 23.8 Å². The standard InChI is InChI=1S/C16H22N2O2/c17-14-7-3-4-8-15(14)20-12-10-16(19)18-11-9-13-5-1-2-6-13/h3-5,7-8H,1-2,6,9-12,17H2,(H,18,19). The van der Waals surface area contributed by atoms with E-state index in [0.717, 1.165) is 13.0 Å². The fraction of sp³-hybridized carbons (Fsp3) is 0.438. The molecule has 0 saturated carbocycles. The van der Waals surface area contributed by atoms with E-state index in [1.807, 2.05) is 12.1 Å². The van der Waals surface area contributed by atoms with Gasteiger partial charge in [-0.15, -0.1) is 0 Å². The van der Waals surface area contributed by atoms with Gasteiger partial charge in [-0.05, 0) is 37.8 Å². The van der Waals surface area contributed by atoms with Gasteiger partial charge < -0.3 is 15.8 Å². The Balaban J connectivity index is 1.59. The molecule has 1 aliphatic carbocycles. The molecule has 1 amide bonds. The molecule has 0 aliphatic heterocycles. The van der Waals surface area contributed by atoms with E-state index in [1.165, 1.54) is 24.8 Å². The van der Waals surface area contributed by atoms with Crippen LogP contribution in [-0.4, -0.2) is 19.1 Å². The summed E-state index contributed by atoms with van der Waals surface area (Å²) in [6.07, 6.45) is 7.25. The minimum atomic E-state index is 0.0260. The average molecular weight is 274 g/mol. The van der Waals surface area contributed by atoms with E-state index < -0.39 is 0 Å². The third kappa shape index (κ3) is 4.61. The number of carbonyl (C=O) groups is 1. The zero-order valence-corrected chi connectivity index (χ0v) is 11.7. The zero-order chi connectivity index (χ0) is 14.2. The topological polar surface area (TPSA) is 64.3 Å². The summed E-state index contributed by atoms with van der Waals surface area (Å²) in [5, 5.41) is 2.92. The third-order valence-electron chi connectivity index (χ3n) is 3.41. The van der Waals surface area contributed by atoms with Crippen molar-refractivity contribution in [3.63, 3.8) is 0 Å². The van der Waals surface area contributed by atoms with Gasteiger partial charge in [-0.3, -0.25) is 4.79 Å². The molecule has 4 heteroatoms. The van der Waals surface area contributed by atoms with Gasteiger partial charge in [0.1, 0.15) is 5.75 Å². The van der Waals surface area contributed by atoms with Crippen molar-refractivity contribution in [2.45, 2.75) is 32.1 Å². The maximum Gasteiger partial charge on any atom is 0.223 e. The Morgan fingerprint density at radius 1 is 1.35 bits per heavy atom. The molecular formula is C16H22N2O2. The molecule has 0 fully saturated rings. The monoisotopic (exact) mass is 274 g/mol.